The van der Waals surface area contributed by atoms with Crippen LogP contribution in [0.2, 0.25) is 0 Å². The Morgan fingerprint density at radius 3 is 2.21 bits per heavy atom. The molecule has 2 rings (SSSR count). The average molecular weight is 405 g/mol. The summed E-state index contributed by atoms with van der Waals surface area (Å²) in [4.78, 5) is 12.2. The van der Waals surface area contributed by atoms with Crippen LogP contribution in [-0.2, 0) is 14.8 Å². The summed E-state index contributed by atoms with van der Waals surface area (Å²) in [6.07, 6.45) is 1.81. The largest absolute Gasteiger partial charge is 0.494 e. The van der Waals surface area contributed by atoms with Gasteiger partial charge in [-0.15, -0.1) is 0 Å². The predicted molar refractivity (Wildman–Crippen MR) is 114 cm³/mol. The number of amides is 1. The predicted octanol–water partition coefficient (Wildman–Crippen LogP) is 3.89. The molecule has 0 heterocycles. The molecule has 0 aliphatic rings. The van der Waals surface area contributed by atoms with Gasteiger partial charge < -0.3 is 10.1 Å². The molecule has 0 unspecified atom stereocenters. The lowest BCUT2D eigenvalue weighted by atomic mass is 10.1. The number of sulfonamides is 1. The molecule has 0 radical (unpaired) electrons. The lowest BCUT2D eigenvalue weighted by Crippen LogP contribution is -2.31. The Hall–Kier alpha value is -2.54. The van der Waals surface area contributed by atoms with Crippen molar-refractivity contribution in [2.24, 2.45) is 0 Å². The fourth-order valence-electron chi connectivity index (χ4n) is 3.02. The minimum Gasteiger partial charge on any atom is -0.494 e. The van der Waals surface area contributed by atoms with Crippen molar-refractivity contribution in [3.8, 4) is 5.75 Å². The number of anilines is 2. The van der Waals surface area contributed by atoms with Gasteiger partial charge in [-0.25, -0.2) is 8.42 Å². The molecule has 2 aromatic carbocycles. The molecule has 0 spiro atoms. The molecule has 6 nitrogen and oxygen atoms in total. The van der Waals surface area contributed by atoms with Gasteiger partial charge in [0.1, 0.15) is 5.75 Å². The fraction of sp³-hybridized carbons (Fsp3) is 0.381. The van der Waals surface area contributed by atoms with Crippen molar-refractivity contribution in [2.45, 2.75) is 33.6 Å². The van der Waals surface area contributed by atoms with Gasteiger partial charge in [-0.1, -0.05) is 6.07 Å². The summed E-state index contributed by atoms with van der Waals surface area (Å²) in [5.74, 6) is 0.553. The Bertz CT molecular complexity index is 888. The van der Waals surface area contributed by atoms with Gasteiger partial charge in [0, 0.05) is 18.7 Å². The van der Waals surface area contributed by atoms with E-state index in [1.54, 1.807) is 24.3 Å². The summed E-state index contributed by atoms with van der Waals surface area (Å²) in [7, 11) is -3.45. The van der Waals surface area contributed by atoms with Crippen LogP contribution in [0.4, 0.5) is 11.4 Å². The Kier molecular flexibility index (Phi) is 7.45. The molecule has 0 aliphatic heterocycles. The molecule has 0 saturated heterocycles. The van der Waals surface area contributed by atoms with E-state index in [-0.39, 0.29) is 18.9 Å². The van der Waals surface area contributed by atoms with E-state index in [2.05, 4.69) is 5.32 Å². The van der Waals surface area contributed by atoms with Crippen LogP contribution in [0.25, 0.3) is 0 Å². The molecule has 7 heteroatoms. The summed E-state index contributed by atoms with van der Waals surface area (Å²) >= 11 is 0. The first-order valence-electron chi connectivity index (χ1n) is 9.27. The molecule has 0 aromatic heterocycles. The van der Waals surface area contributed by atoms with Gasteiger partial charge in [-0.05, 0) is 74.7 Å². The van der Waals surface area contributed by atoms with Crippen LogP contribution in [0.1, 0.15) is 30.9 Å². The highest BCUT2D eigenvalue weighted by molar-refractivity contribution is 7.92. The zero-order valence-electron chi connectivity index (χ0n) is 16.9. The molecule has 0 fully saturated rings. The normalized spacial score (nSPS) is 11.1. The van der Waals surface area contributed by atoms with E-state index in [0.717, 1.165) is 16.8 Å². The molecular weight excluding hydrogens is 376 g/mol. The fourth-order valence-corrected chi connectivity index (χ4v) is 3.98. The highest BCUT2D eigenvalue weighted by Gasteiger charge is 2.17. The second kappa shape index (κ2) is 9.59. The number of carbonyl (C=O) groups is 1. The first-order valence-corrected chi connectivity index (χ1v) is 11.1. The number of nitrogens with zero attached hydrogens (tertiary/aromatic N) is 1. The standard InChI is InChI=1S/C21H28N2O4S/c1-5-27-20-10-8-19(9-11-20)23(28(4,25)26)12-6-7-21(24)22-18-14-16(2)13-17(3)15-18/h8-11,13-15H,5-7,12H2,1-4H3,(H,22,24). The van der Waals surface area contributed by atoms with E-state index < -0.39 is 10.0 Å². The maximum atomic E-state index is 12.2. The van der Waals surface area contributed by atoms with Crippen LogP contribution in [0.3, 0.4) is 0 Å². The van der Waals surface area contributed by atoms with Crippen LogP contribution in [-0.4, -0.2) is 33.7 Å². The molecule has 2 aromatic rings. The van der Waals surface area contributed by atoms with Crippen LogP contribution >= 0.6 is 0 Å². The van der Waals surface area contributed by atoms with Gasteiger partial charge in [-0.3, -0.25) is 9.10 Å². The first-order chi connectivity index (χ1) is 13.2. The maximum Gasteiger partial charge on any atom is 0.232 e. The van der Waals surface area contributed by atoms with Crippen molar-refractivity contribution < 1.29 is 17.9 Å². The lowest BCUT2D eigenvalue weighted by molar-refractivity contribution is -0.116. The number of ether oxygens (including phenoxy) is 1. The van der Waals surface area contributed by atoms with E-state index in [4.69, 9.17) is 4.74 Å². The number of carbonyl (C=O) groups excluding carboxylic acids is 1. The second-order valence-corrected chi connectivity index (χ2v) is 8.70. The molecule has 152 valence electrons. The van der Waals surface area contributed by atoms with Crippen LogP contribution in [0.5, 0.6) is 5.75 Å². The molecule has 1 amide bonds. The lowest BCUT2D eigenvalue weighted by Gasteiger charge is -2.22. The van der Waals surface area contributed by atoms with E-state index in [9.17, 15) is 13.2 Å². The molecule has 1 N–H and O–H groups in total. The van der Waals surface area contributed by atoms with Crippen molar-refractivity contribution in [2.75, 3.05) is 29.0 Å². The third-order valence-electron chi connectivity index (χ3n) is 4.11. The van der Waals surface area contributed by atoms with Gasteiger partial charge >= 0.3 is 0 Å². The zero-order valence-corrected chi connectivity index (χ0v) is 17.7. The van der Waals surface area contributed by atoms with Gasteiger partial charge in [0.2, 0.25) is 15.9 Å². The number of hydrogen-bond acceptors (Lipinski definition) is 4. The van der Waals surface area contributed by atoms with E-state index in [1.165, 1.54) is 10.6 Å². The molecule has 0 bridgehead atoms. The summed E-state index contributed by atoms with van der Waals surface area (Å²) < 4.78 is 31.1. The summed E-state index contributed by atoms with van der Waals surface area (Å²) in [5.41, 5.74) is 3.47. The van der Waals surface area contributed by atoms with Crippen molar-refractivity contribution >= 4 is 27.3 Å². The summed E-state index contributed by atoms with van der Waals surface area (Å²) in [6.45, 7) is 6.62. The number of benzene rings is 2. The molecule has 0 atom stereocenters. The average Bonchev–Trinajstić information content (AvgIpc) is 2.58. The second-order valence-electron chi connectivity index (χ2n) is 6.79. The Labute approximate surface area is 167 Å². The number of hydrogen-bond donors (Lipinski definition) is 1. The number of nitrogens with one attached hydrogen (secondary N) is 1. The molecule has 0 saturated carbocycles. The smallest absolute Gasteiger partial charge is 0.232 e. The van der Waals surface area contributed by atoms with E-state index >= 15 is 0 Å². The number of rotatable bonds is 9. The monoisotopic (exact) mass is 404 g/mol. The Balaban J connectivity index is 1.97. The van der Waals surface area contributed by atoms with Gasteiger partial charge in [-0.2, -0.15) is 0 Å². The third kappa shape index (κ3) is 6.56. The summed E-state index contributed by atoms with van der Waals surface area (Å²) in [5, 5.41) is 2.87. The van der Waals surface area contributed by atoms with Crippen molar-refractivity contribution in [3.63, 3.8) is 0 Å². The third-order valence-corrected chi connectivity index (χ3v) is 5.30. The topological polar surface area (TPSA) is 75.7 Å². The highest BCUT2D eigenvalue weighted by atomic mass is 32.2. The number of aryl methyl sites for hydroxylation is 2. The molecular formula is C21H28N2O4S. The Morgan fingerprint density at radius 1 is 1.07 bits per heavy atom. The van der Waals surface area contributed by atoms with E-state index in [1.807, 2.05) is 39.0 Å². The maximum absolute atomic E-state index is 12.2. The molecule has 28 heavy (non-hydrogen) atoms. The van der Waals surface area contributed by atoms with Crippen LogP contribution < -0.4 is 14.4 Å². The van der Waals surface area contributed by atoms with Crippen molar-refractivity contribution in [3.05, 3.63) is 53.6 Å². The minimum absolute atomic E-state index is 0.134. The van der Waals surface area contributed by atoms with Crippen molar-refractivity contribution in [1.29, 1.82) is 0 Å². The van der Waals surface area contributed by atoms with Gasteiger partial charge in [0.25, 0.3) is 0 Å². The minimum atomic E-state index is -3.45. The van der Waals surface area contributed by atoms with Gasteiger partial charge in [0.15, 0.2) is 0 Å². The quantitative estimate of drug-likeness (QED) is 0.688. The first kappa shape index (κ1) is 21.8. The van der Waals surface area contributed by atoms with Crippen LogP contribution in [0.15, 0.2) is 42.5 Å². The SMILES string of the molecule is CCOc1ccc(N(CCCC(=O)Nc2cc(C)cc(C)c2)S(C)(=O)=O)cc1. The highest BCUT2D eigenvalue weighted by Crippen LogP contribution is 2.22. The van der Waals surface area contributed by atoms with Crippen LogP contribution in [0, 0.1) is 13.8 Å². The molecule has 0 aliphatic carbocycles. The Morgan fingerprint density at radius 2 is 1.68 bits per heavy atom. The van der Waals surface area contributed by atoms with Gasteiger partial charge in [0.05, 0.1) is 18.6 Å². The zero-order chi connectivity index (χ0) is 20.7. The van der Waals surface area contributed by atoms with Crippen molar-refractivity contribution in [1.82, 2.24) is 0 Å². The van der Waals surface area contributed by atoms with E-state index in [0.29, 0.717) is 24.5 Å². The summed E-state index contributed by atoms with van der Waals surface area (Å²) in [6, 6.07) is 12.8.